The number of aliphatic imine (C=N–C) groups is 1. The maximum Gasteiger partial charge on any atom is 0.387 e. The lowest BCUT2D eigenvalue weighted by atomic mass is 10.2. The minimum atomic E-state index is -2.85. The van der Waals surface area contributed by atoms with Gasteiger partial charge >= 0.3 is 6.61 Å². The van der Waals surface area contributed by atoms with E-state index in [-0.39, 0.29) is 11.8 Å². The molecule has 1 aromatic heterocycles. The Bertz CT molecular complexity index is 768. The number of alkyl halides is 2. The first-order valence-electron chi connectivity index (χ1n) is 9.50. The number of halogens is 2. The van der Waals surface area contributed by atoms with Crippen LogP contribution in [0.15, 0.2) is 46.8 Å². The van der Waals surface area contributed by atoms with E-state index in [9.17, 15) is 8.78 Å². The summed E-state index contributed by atoms with van der Waals surface area (Å²) in [7, 11) is 1.69. The van der Waals surface area contributed by atoms with Gasteiger partial charge in [0.2, 0.25) is 0 Å². The fourth-order valence-electron chi connectivity index (χ4n) is 3.23. The fourth-order valence-corrected chi connectivity index (χ4v) is 4.09. The monoisotopic (exact) mass is 424 g/mol. The Kier molecular flexibility index (Phi) is 8.21. The van der Waals surface area contributed by atoms with Crippen LogP contribution in [0.2, 0.25) is 0 Å². The molecule has 0 bridgehead atoms. The van der Waals surface area contributed by atoms with Crippen LogP contribution in [0.3, 0.4) is 0 Å². The van der Waals surface area contributed by atoms with Crippen molar-refractivity contribution < 1.29 is 18.3 Å². The Balaban J connectivity index is 1.59. The second-order valence-electron chi connectivity index (χ2n) is 6.47. The van der Waals surface area contributed by atoms with E-state index < -0.39 is 6.61 Å². The lowest BCUT2D eigenvalue weighted by molar-refractivity contribution is -0.0504. The van der Waals surface area contributed by atoms with Crippen LogP contribution in [-0.2, 0) is 11.3 Å². The predicted molar refractivity (Wildman–Crippen MR) is 111 cm³/mol. The van der Waals surface area contributed by atoms with Gasteiger partial charge in [0, 0.05) is 43.7 Å². The second-order valence-corrected chi connectivity index (χ2v) is 7.45. The number of ether oxygens (including phenoxy) is 2. The van der Waals surface area contributed by atoms with Gasteiger partial charge in [0.05, 0.1) is 19.3 Å². The highest BCUT2D eigenvalue weighted by Crippen LogP contribution is 2.25. The number of nitrogens with zero attached hydrogens (tertiary/aromatic N) is 2. The van der Waals surface area contributed by atoms with Crippen molar-refractivity contribution in [3.8, 4) is 5.75 Å². The molecule has 1 aliphatic rings. The molecule has 1 aliphatic heterocycles. The number of morpholine rings is 1. The van der Waals surface area contributed by atoms with E-state index in [1.807, 2.05) is 0 Å². The van der Waals surface area contributed by atoms with Crippen molar-refractivity contribution in [2.24, 2.45) is 4.99 Å². The van der Waals surface area contributed by atoms with Crippen LogP contribution < -0.4 is 15.4 Å². The quantitative estimate of drug-likeness (QED) is 0.504. The van der Waals surface area contributed by atoms with Gasteiger partial charge in [0.1, 0.15) is 5.75 Å². The van der Waals surface area contributed by atoms with Gasteiger partial charge in [0.15, 0.2) is 5.96 Å². The first-order chi connectivity index (χ1) is 14.2. The molecule has 2 aromatic rings. The van der Waals surface area contributed by atoms with Gasteiger partial charge in [-0.1, -0.05) is 24.3 Å². The van der Waals surface area contributed by atoms with Crippen molar-refractivity contribution >= 4 is 17.3 Å². The summed E-state index contributed by atoms with van der Waals surface area (Å²) in [6, 6.07) is 11.2. The molecule has 158 valence electrons. The molecule has 0 spiro atoms. The predicted octanol–water partition coefficient (Wildman–Crippen LogP) is 3.09. The summed E-state index contributed by atoms with van der Waals surface area (Å²) in [4.78, 5) is 7.94. The van der Waals surface area contributed by atoms with Crippen molar-refractivity contribution in [1.82, 2.24) is 15.5 Å². The Labute approximate surface area is 173 Å². The van der Waals surface area contributed by atoms with Gasteiger partial charge in [-0.2, -0.15) is 8.78 Å². The highest BCUT2D eigenvalue weighted by molar-refractivity contribution is 7.10. The molecule has 3 rings (SSSR count). The van der Waals surface area contributed by atoms with Gasteiger partial charge < -0.3 is 20.1 Å². The smallest absolute Gasteiger partial charge is 0.387 e. The van der Waals surface area contributed by atoms with Crippen LogP contribution in [0, 0.1) is 0 Å². The number of para-hydroxylation sites is 1. The number of thiophene rings is 1. The van der Waals surface area contributed by atoms with Crippen LogP contribution >= 0.6 is 11.3 Å². The molecule has 0 aliphatic carbocycles. The molecular weight excluding hydrogens is 398 g/mol. The molecule has 29 heavy (non-hydrogen) atoms. The Hall–Kier alpha value is -2.23. The first-order valence-corrected chi connectivity index (χ1v) is 10.4. The van der Waals surface area contributed by atoms with Crippen molar-refractivity contribution in [1.29, 1.82) is 0 Å². The van der Waals surface area contributed by atoms with Crippen LogP contribution in [0.5, 0.6) is 5.75 Å². The van der Waals surface area contributed by atoms with E-state index in [2.05, 4.69) is 42.8 Å². The normalized spacial score (nSPS) is 16.6. The molecule has 1 aromatic carbocycles. The van der Waals surface area contributed by atoms with E-state index >= 15 is 0 Å². The van der Waals surface area contributed by atoms with Crippen molar-refractivity contribution in [2.75, 3.05) is 39.9 Å². The van der Waals surface area contributed by atoms with Gasteiger partial charge in [-0.25, -0.2) is 0 Å². The summed E-state index contributed by atoms with van der Waals surface area (Å²) in [6.45, 7) is 1.38. The molecule has 1 fully saturated rings. The van der Waals surface area contributed by atoms with E-state index in [4.69, 9.17) is 4.74 Å². The van der Waals surface area contributed by atoms with Crippen molar-refractivity contribution in [3.05, 3.63) is 52.2 Å². The van der Waals surface area contributed by atoms with Crippen LogP contribution in [0.4, 0.5) is 8.78 Å². The molecule has 0 saturated carbocycles. The fraction of sp³-hybridized carbons (Fsp3) is 0.450. The summed E-state index contributed by atoms with van der Waals surface area (Å²) in [5.41, 5.74) is 0.638. The summed E-state index contributed by atoms with van der Waals surface area (Å²) >= 11 is 1.73. The number of hydrogen-bond donors (Lipinski definition) is 2. The van der Waals surface area contributed by atoms with Crippen molar-refractivity contribution in [2.45, 2.75) is 19.2 Å². The van der Waals surface area contributed by atoms with E-state index in [1.165, 1.54) is 10.9 Å². The highest BCUT2D eigenvalue weighted by Gasteiger charge is 2.23. The molecule has 6 nitrogen and oxygen atoms in total. The lowest BCUT2D eigenvalue weighted by Gasteiger charge is -2.34. The molecule has 1 atom stereocenters. The minimum Gasteiger partial charge on any atom is -0.434 e. The molecule has 9 heteroatoms. The van der Waals surface area contributed by atoms with Gasteiger partial charge in [-0.15, -0.1) is 11.3 Å². The third-order valence-corrected chi connectivity index (χ3v) is 5.65. The molecule has 0 amide bonds. The summed E-state index contributed by atoms with van der Waals surface area (Å²) in [6.07, 6.45) is 0. The van der Waals surface area contributed by atoms with Crippen LogP contribution in [-0.4, -0.2) is 57.4 Å². The highest BCUT2D eigenvalue weighted by atomic mass is 32.1. The van der Waals surface area contributed by atoms with Gasteiger partial charge in [-0.3, -0.25) is 9.89 Å². The molecular formula is C20H26F2N4O2S. The minimum absolute atomic E-state index is 0.162. The Morgan fingerprint density at radius 1 is 1.21 bits per heavy atom. The first kappa shape index (κ1) is 21.5. The zero-order valence-electron chi connectivity index (χ0n) is 16.3. The number of rotatable bonds is 8. The van der Waals surface area contributed by atoms with Gasteiger partial charge in [-0.05, 0) is 17.5 Å². The molecule has 2 heterocycles. The van der Waals surface area contributed by atoms with E-state index in [0.29, 0.717) is 24.6 Å². The summed E-state index contributed by atoms with van der Waals surface area (Å²) in [5, 5.41) is 8.62. The lowest BCUT2D eigenvalue weighted by Crippen LogP contribution is -2.46. The number of nitrogens with one attached hydrogen (secondary N) is 2. The standard InChI is InChI=1S/C20H26F2N4O2S/c1-23-20(24-13-15-5-2-3-6-17(15)28-19(21)22)25-14-16(18-7-4-12-29-18)26-8-10-27-11-9-26/h2-7,12,16,19H,8-11,13-14H2,1H3,(H2,23,24,25). The summed E-state index contributed by atoms with van der Waals surface area (Å²) in [5.74, 6) is 0.766. The number of hydrogen-bond acceptors (Lipinski definition) is 5. The Morgan fingerprint density at radius 3 is 2.69 bits per heavy atom. The number of guanidine groups is 1. The molecule has 1 unspecified atom stereocenters. The average molecular weight is 425 g/mol. The number of benzene rings is 1. The maximum atomic E-state index is 12.6. The topological polar surface area (TPSA) is 58.1 Å². The third-order valence-electron chi connectivity index (χ3n) is 4.68. The van der Waals surface area contributed by atoms with Crippen LogP contribution in [0.1, 0.15) is 16.5 Å². The maximum absolute atomic E-state index is 12.6. The summed E-state index contributed by atoms with van der Waals surface area (Å²) < 4.78 is 35.3. The van der Waals surface area contributed by atoms with E-state index in [1.54, 1.807) is 36.6 Å². The van der Waals surface area contributed by atoms with Crippen molar-refractivity contribution in [3.63, 3.8) is 0 Å². The largest absolute Gasteiger partial charge is 0.434 e. The Morgan fingerprint density at radius 2 is 2.00 bits per heavy atom. The van der Waals surface area contributed by atoms with E-state index in [0.717, 1.165) is 26.3 Å². The SMILES string of the molecule is CN=C(NCc1ccccc1OC(F)F)NCC(c1cccs1)N1CCOCC1. The molecule has 1 saturated heterocycles. The molecule has 0 radical (unpaired) electrons. The third kappa shape index (κ3) is 6.38. The second kappa shape index (κ2) is 11.1. The van der Waals surface area contributed by atoms with Crippen LogP contribution in [0.25, 0.3) is 0 Å². The molecule has 2 N–H and O–H groups in total. The average Bonchev–Trinajstić information content (AvgIpc) is 3.26. The zero-order chi connectivity index (χ0) is 20.5. The zero-order valence-corrected chi connectivity index (χ0v) is 17.1. The van der Waals surface area contributed by atoms with Gasteiger partial charge in [0.25, 0.3) is 0 Å².